The van der Waals surface area contributed by atoms with E-state index in [-0.39, 0.29) is 16.4 Å². The highest BCUT2D eigenvalue weighted by Crippen LogP contribution is 2.65. The Balaban J connectivity index is 1.16. The van der Waals surface area contributed by atoms with Crippen molar-refractivity contribution in [3.63, 3.8) is 0 Å². The van der Waals surface area contributed by atoms with E-state index in [1.807, 2.05) is 0 Å². The minimum Gasteiger partial charge on any atom is -0.380 e. The van der Waals surface area contributed by atoms with Crippen molar-refractivity contribution in [2.45, 2.75) is 117 Å². The van der Waals surface area contributed by atoms with Crippen molar-refractivity contribution < 1.29 is 0 Å². The van der Waals surface area contributed by atoms with Crippen LogP contribution in [0.5, 0.6) is 0 Å². The Kier molecular flexibility index (Phi) is 9.19. The SMILES string of the molecule is CC(C)(C)Nc1ccc(C(C)(C)C)cc1-c1c2c(c(-c3cccc(C(C)(C)C)c3)c3cc4c(cc13)C1=c3c-4cccc3=C3C=CCCC3C1)C1=CC3=CC(C4C=CC=CC4)=CC4C=CC5=C(C1=C2CC5)C34. The van der Waals surface area contributed by atoms with E-state index in [2.05, 4.69) is 207 Å². The van der Waals surface area contributed by atoms with Crippen LogP contribution in [0.3, 0.4) is 0 Å². The fourth-order valence-electron chi connectivity index (χ4n) is 14.5. The maximum atomic E-state index is 4.11. The Morgan fingerprint density at radius 1 is 0.620 bits per heavy atom. The Morgan fingerprint density at radius 2 is 1.42 bits per heavy atom. The van der Waals surface area contributed by atoms with Crippen LogP contribution in [0, 0.1) is 23.7 Å². The number of benzene rings is 5. The summed E-state index contributed by atoms with van der Waals surface area (Å²) in [4.78, 5) is 0. The Hall–Kier alpha value is -6.44. The first-order chi connectivity index (χ1) is 34.1. The summed E-state index contributed by atoms with van der Waals surface area (Å²) in [5.74, 6) is 1.65. The van der Waals surface area contributed by atoms with Gasteiger partial charge < -0.3 is 5.32 Å². The van der Waals surface area contributed by atoms with Crippen molar-refractivity contribution in [3.05, 3.63) is 206 Å². The van der Waals surface area contributed by atoms with Crippen LogP contribution in [0.1, 0.15) is 129 Å². The average Bonchev–Trinajstić information content (AvgIpc) is 3.84. The van der Waals surface area contributed by atoms with Crippen LogP contribution in [-0.4, -0.2) is 5.54 Å². The summed E-state index contributed by atoms with van der Waals surface area (Å²) in [5.41, 5.74) is 30.1. The second-order valence-corrected chi connectivity index (χ2v) is 25.4. The molecule has 1 heteroatoms. The first-order valence-electron chi connectivity index (χ1n) is 27.0. The topological polar surface area (TPSA) is 12.0 Å². The van der Waals surface area contributed by atoms with Crippen molar-refractivity contribution in [3.8, 4) is 33.4 Å². The van der Waals surface area contributed by atoms with E-state index in [9.17, 15) is 0 Å². The monoisotopic (exact) mass is 922 g/mol. The lowest BCUT2D eigenvalue weighted by Crippen LogP contribution is -2.35. The minimum atomic E-state index is -0.146. The van der Waals surface area contributed by atoms with Gasteiger partial charge in [-0.3, -0.25) is 0 Å². The number of anilines is 1. The minimum absolute atomic E-state index is 0.00911. The highest BCUT2D eigenvalue weighted by Gasteiger charge is 2.47. The van der Waals surface area contributed by atoms with E-state index in [1.54, 1.807) is 27.9 Å². The molecule has 4 unspecified atom stereocenters. The predicted octanol–water partition coefficient (Wildman–Crippen LogP) is 16.7. The molecule has 5 aromatic rings. The summed E-state index contributed by atoms with van der Waals surface area (Å²) in [5, 5.41) is 9.80. The molecule has 0 saturated heterocycles. The van der Waals surface area contributed by atoms with Crippen molar-refractivity contribution in [1.82, 2.24) is 0 Å². The Labute approximate surface area is 422 Å². The van der Waals surface area contributed by atoms with Gasteiger partial charge in [0.1, 0.15) is 0 Å². The zero-order chi connectivity index (χ0) is 48.5. The van der Waals surface area contributed by atoms with Crippen LogP contribution in [-0.2, 0) is 10.8 Å². The van der Waals surface area contributed by atoms with Crippen molar-refractivity contribution in [2.75, 3.05) is 5.32 Å². The van der Waals surface area contributed by atoms with Gasteiger partial charge in [-0.2, -0.15) is 0 Å². The first kappa shape index (κ1) is 43.4. The lowest BCUT2D eigenvalue weighted by atomic mass is 9.62. The van der Waals surface area contributed by atoms with Gasteiger partial charge in [0.15, 0.2) is 0 Å². The molecule has 5 aromatic carbocycles. The van der Waals surface area contributed by atoms with Crippen molar-refractivity contribution >= 4 is 38.8 Å². The van der Waals surface area contributed by atoms with E-state index in [0.29, 0.717) is 23.7 Å². The van der Waals surface area contributed by atoms with Crippen LogP contribution in [0.25, 0.3) is 66.4 Å². The van der Waals surface area contributed by atoms with Crippen LogP contribution < -0.4 is 15.8 Å². The Morgan fingerprint density at radius 3 is 2.23 bits per heavy atom. The molecule has 4 atom stereocenters. The number of rotatable bonds is 4. The van der Waals surface area contributed by atoms with E-state index >= 15 is 0 Å². The molecule has 0 saturated carbocycles. The smallest absolute Gasteiger partial charge is 0.0424 e. The van der Waals surface area contributed by atoms with Crippen LogP contribution >= 0.6 is 0 Å². The molecular formula is C70H67N. The normalized spacial score (nSPS) is 23.1. The molecule has 9 aliphatic rings. The molecule has 14 rings (SSSR count). The largest absolute Gasteiger partial charge is 0.380 e. The second kappa shape index (κ2) is 15.1. The number of hydrogen-bond donors (Lipinski definition) is 1. The van der Waals surface area contributed by atoms with Gasteiger partial charge in [-0.25, -0.2) is 0 Å². The fraction of sp³-hybridized carbons (Fsp3) is 0.314. The third-order valence-corrected chi connectivity index (χ3v) is 17.7. The molecule has 0 fully saturated rings. The summed E-state index contributed by atoms with van der Waals surface area (Å²) < 4.78 is 0. The van der Waals surface area contributed by atoms with Gasteiger partial charge in [0.2, 0.25) is 0 Å². The molecular weight excluding hydrogens is 855 g/mol. The molecule has 0 amide bonds. The lowest BCUT2D eigenvalue weighted by molar-refractivity contribution is 0.576. The van der Waals surface area contributed by atoms with E-state index in [1.165, 1.54) is 117 Å². The third-order valence-electron chi connectivity index (χ3n) is 17.7. The van der Waals surface area contributed by atoms with E-state index in [4.69, 9.17) is 0 Å². The molecule has 0 radical (unpaired) electrons. The molecule has 71 heavy (non-hydrogen) atoms. The Bertz CT molecular complexity index is 3720. The van der Waals surface area contributed by atoms with Gasteiger partial charge >= 0.3 is 0 Å². The highest BCUT2D eigenvalue weighted by atomic mass is 15.0. The quantitative estimate of drug-likeness (QED) is 0.189. The van der Waals surface area contributed by atoms with Gasteiger partial charge in [0, 0.05) is 34.5 Å². The average molecular weight is 922 g/mol. The van der Waals surface area contributed by atoms with Gasteiger partial charge in [-0.15, -0.1) is 0 Å². The molecule has 1 N–H and O–H groups in total. The van der Waals surface area contributed by atoms with E-state index in [0.717, 1.165) is 32.1 Å². The zero-order valence-electron chi connectivity index (χ0n) is 43.3. The summed E-state index contributed by atoms with van der Waals surface area (Å²) >= 11 is 0. The molecule has 352 valence electrons. The van der Waals surface area contributed by atoms with Gasteiger partial charge in [0.05, 0.1) is 0 Å². The molecule has 0 aromatic heterocycles. The second-order valence-electron chi connectivity index (χ2n) is 25.4. The van der Waals surface area contributed by atoms with Gasteiger partial charge in [-0.1, -0.05) is 151 Å². The van der Waals surface area contributed by atoms with E-state index < -0.39 is 0 Å². The van der Waals surface area contributed by atoms with Gasteiger partial charge in [0.25, 0.3) is 0 Å². The maximum Gasteiger partial charge on any atom is 0.0424 e. The number of hydrogen-bond acceptors (Lipinski definition) is 1. The molecule has 1 nitrogen and oxygen atoms in total. The number of nitrogens with one attached hydrogen (secondary N) is 1. The summed E-state index contributed by atoms with van der Waals surface area (Å²) in [6.45, 7) is 21.2. The lowest BCUT2D eigenvalue weighted by Gasteiger charge is -2.41. The molecule has 0 heterocycles. The standard InChI is InChI=1S/C70H67N/c1-68(2,3)46-21-15-20-42(33-46)61-55-37-52-50-24-16-23-49-48-22-14-13-19-41(48)34-54(63(49)50)53(52)38-56(55)65(57-36-47(69(4,5)6)28-30-59(57)71-70(7,8)9)66-51-29-27-40-25-26-43-31-44(39-17-11-10-12-18-39)32-45-35-58(67(61)66)64(51)62(40)60(43)45/h10-12,14-17,20-26,28,30-33,35-39,41,43,60,71H,13,18-19,27,29,34H2,1-9H3. The van der Waals surface area contributed by atoms with Gasteiger partial charge in [-0.05, 0) is 233 Å². The highest BCUT2D eigenvalue weighted by molar-refractivity contribution is 6.23. The van der Waals surface area contributed by atoms with Crippen LogP contribution in [0.15, 0.2) is 167 Å². The summed E-state index contributed by atoms with van der Waals surface area (Å²) in [6, 6.07) is 29.7. The van der Waals surface area contributed by atoms with Crippen LogP contribution in [0.2, 0.25) is 0 Å². The third kappa shape index (κ3) is 6.50. The van der Waals surface area contributed by atoms with Crippen LogP contribution in [0.4, 0.5) is 5.69 Å². The summed E-state index contributed by atoms with van der Waals surface area (Å²) in [6.07, 6.45) is 33.8. The molecule has 9 aliphatic carbocycles. The number of allylic oxidation sites excluding steroid dienone is 18. The van der Waals surface area contributed by atoms with Crippen molar-refractivity contribution in [1.29, 1.82) is 0 Å². The molecule has 0 aliphatic heterocycles. The predicted molar refractivity (Wildman–Crippen MR) is 303 cm³/mol. The first-order valence-corrected chi connectivity index (χ1v) is 27.0. The molecule has 0 bridgehead atoms. The molecule has 0 spiro atoms. The van der Waals surface area contributed by atoms with Crippen molar-refractivity contribution in [2.24, 2.45) is 23.7 Å². The number of fused-ring (bicyclic) bond motifs is 8. The summed E-state index contributed by atoms with van der Waals surface area (Å²) in [7, 11) is 0. The maximum absolute atomic E-state index is 4.11. The fourth-order valence-corrected chi connectivity index (χ4v) is 14.5. The zero-order valence-corrected chi connectivity index (χ0v) is 43.3.